The molecule has 1 N–H and O–H groups in total. The molecule has 0 heterocycles. The Balaban J connectivity index is 2.34. The maximum absolute atomic E-state index is 5.99. The highest BCUT2D eigenvalue weighted by molar-refractivity contribution is 9.10. The van der Waals surface area contributed by atoms with Crippen molar-refractivity contribution in [1.82, 2.24) is 5.32 Å². The summed E-state index contributed by atoms with van der Waals surface area (Å²) in [6, 6.07) is 6.10. The van der Waals surface area contributed by atoms with Crippen molar-refractivity contribution in [1.29, 1.82) is 0 Å². The van der Waals surface area contributed by atoms with Gasteiger partial charge in [0, 0.05) is 17.6 Å². The molecule has 0 spiro atoms. The molecular weight excluding hydrogens is 322 g/mol. The first kappa shape index (κ1) is 17.0. The van der Waals surface area contributed by atoms with E-state index in [9.17, 15) is 0 Å². The van der Waals surface area contributed by atoms with Crippen LogP contribution in [0.3, 0.4) is 0 Å². The first-order chi connectivity index (χ1) is 8.94. The molecule has 108 valence electrons. The minimum atomic E-state index is 0.374. The van der Waals surface area contributed by atoms with Crippen molar-refractivity contribution in [3.05, 3.63) is 33.3 Å². The first-order valence-corrected chi connectivity index (χ1v) is 8.26. The lowest BCUT2D eigenvalue weighted by atomic mass is 9.87. The normalized spacial score (nSPS) is 11.8. The van der Waals surface area contributed by atoms with Crippen LogP contribution in [0.25, 0.3) is 0 Å². The lowest BCUT2D eigenvalue weighted by Gasteiger charge is -2.25. The van der Waals surface area contributed by atoms with Gasteiger partial charge in [-0.1, -0.05) is 57.7 Å². The molecule has 0 fully saturated rings. The number of hydrogen-bond donors (Lipinski definition) is 1. The van der Waals surface area contributed by atoms with E-state index < -0.39 is 0 Å². The van der Waals surface area contributed by atoms with Gasteiger partial charge in [0.15, 0.2) is 0 Å². The molecule has 0 aliphatic rings. The summed E-state index contributed by atoms with van der Waals surface area (Å²) in [5.41, 5.74) is 1.64. The number of unbranched alkanes of at least 4 members (excludes halogenated alkanes) is 2. The molecule has 0 aliphatic carbocycles. The minimum absolute atomic E-state index is 0.374. The molecule has 0 unspecified atom stereocenters. The molecule has 0 radical (unpaired) electrons. The predicted molar refractivity (Wildman–Crippen MR) is 88.8 cm³/mol. The van der Waals surface area contributed by atoms with E-state index in [1.54, 1.807) is 0 Å². The minimum Gasteiger partial charge on any atom is -0.312 e. The first-order valence-electron chi connectivity index (χ1n) is 7.09. The van der Waals surface area contributed by atoms with E-state index in [0.717, 1.165) is 22.6 Å². The third kappa shape index (κ3) is 6.78. The van der Waals surface area contributed by atoms with Crippen LogP contribution >= 0.6 is 27.5 Å². The van der Waals surface area contributed by atoms with Gasteiger partial charge in [0.2, 0.25) is 0 Å². The Kier molecular flexibility index (Phi) is 7.41. The molecule has 0 aromatic heterocycles. The van der Waals surface area contributed by atoms with Crippen LogP contribution in [-0.4, -0.2) is 6.54 Å². The maximum atomic E-state index is 5.99. The lowest BCUT2D eigenvalue weighted by Crippen LogP contribution is -2.29. The molecule has 0 amide bonds. The zero-order chi connectivity index (χ0) is 14.3. The van der Waals surface area contributed by atoms with Crippen molar-refractivity contribution in [3.8, 4) is 0 Å². The highest BCUT2D eigenvalue weighted by Gasteiger charge is 2.16. The maximum Gasteiger partial charge on any atom is 0.0548 e. The van der Waals surface area contributed by atoms with Crippen LogP contribution < -0.4 is 5.32 Å². The summed E-state index contributed by atoms with van der Waals surface area (Å²) in [6.45, 7) is 8.88. The SMILES string of the molecule is CCCCCC(C)(C)CNCc1ccc(Cl)c(Br)c1. The van der Waals surface area contributed by atoms with Gasteiger partial charge in [0.25, 0.3) is 0 Å². The molecule has 1 aromatic carbocycles. The van der Waals surface area contributed by atoms with Crippen molar-refractivity contribution in [2.45, 2.75) is 53.0 Å². The topological polar surface area (TPSA) is 12.0 Å². The number of rotatable bonds is 8. The Bertz CT molecular complexity index is 390. The van der Waals surface area contributed by atoms with Gasteiger partial charge < -0.3 is 5.32 Å². The average Bonchev–Trinajstić information content (AvgIpc) is 2.34. The molecule has 1 nitrogen and oxygen atoms in total. The highest BCUT2D eigenvalue weighted by Crippen LogP contribution is 2.24. The Morgan fingerprint density at radius 1 is 1.26 bits per heavy atom. The van der Waals surface area contributed by atoms with E-state index in [0.29, 0.717) is 5.41 Å². The molecule has 0 saturated heterocycles. The molecule has 0 atom stereocenters. The van der Waals surface area contributed by atoms with E-state index in [1.165, 1.54) is 31.2 Å². The summed E-state index contributed by atoms with van der Waals surface area (Å²) in [5, 5.41) is 4.32. The molecular formula is C16H25BrClN. The second kappa shape index (κ2) is 8.28. The largest absolute Gasteiger partial charge is 0.312 e. The molecule has 1 rings (SSSR count). The summed E-state index contributed by atoms with van der Waals surface area (Å²) in [7, 11) is 0. The third-order valence-electron chi connectivity index (χ3n) is 3.37. The van der Waals surface area contributed by atoms with Crippen molar-refractivity contribution >= 4 is 27.5 Å². The van der Waals surface area contributed by atoms with Gasteiger partial charge in [0.1, 0.15) is 0 Å². The van der Waals surface area contributed by atoms with Crippen molar-refractivity contribution in [2.24, 2.45) is 5.41 Å². The number of nitrogens with one attached hydrogen (secondary N) is 1. The van der Waals surface area contributed by atoms with Crippen LogP contribution in [0.15, 0.2) is 22.7 Å². The van der Waals surface area contributed by atoms with E-state index in [4.69, 9.17) is 11.6 Å². The Morgan fingerprint density at radius 3 is 2.63 bits per heavy atom. The van der Waals surface area contributed by atoms with E-state index in [-0.39, 0.29) is 0 Å². The van der Waals surface area contributed by atoms with E-state index >= 15 is 0 Å². The zero-order valence-corrected chi connectivity index (χ0v) is 14.6. The number of halogens is 2. The summed E-state index contributed by atoms with van der Waals surface area (Å²) in [4.78, 5) is 0. The number of hydrogen-bond acceptors (Lipinski definition) is 1. The molecule has 19 heavy (non-hydrogen) atoms. The second-order valence-corrected chi connectivity index (χ2v) is 7.23. The van der Waals surface area contributed by atoms with Gasteiger partial charge in [-0.3, -0.25) is 0 Å². The summed E-state index contributed by atoms with van der Waals surface area (Å²) in [6.07, 6.45) is 5.26. The molecule has 1 aromatic rings. The van der Waals surface area contributed by atoms with Crippen molar-refractivity contribution < 1.29 is 0 Å². The molecule has 0 bridgehead atoms. The van der Waals surface area contributed by atoms with Gasteiger partial charge >= 0.3 is 0 Å². The smallest absolute Gasteiger partial charge is 0.0548 e. The Labute approximate surface area is 131 Å². The Hall–Kier alpha value is -0.0500. The fourth-order valence-corrected chi connectivity index (χ4v) is 2.68. The van der Waals surface area contributed by atoms with Gasteiger partial charge in [0.05, 0.1) is 5.02 Å². The fourth-order valence-electron chi connectivity index (χ4n) is 2.14. The number of benzene rings is 1. The van der Waals surface area contributed by atoms with Crippen LogP contribution in [-0.2, 0) is 6.54 Å². The predicted octanol–water partition coefficient (Wildman–Crippen LogP) is 5.80. The van der Waals surface area contributed by atoms with Crippen LogP contribution in [0.2, 0.25) is 5.02 Å². The van der Waals surface area contributed by atoms with Gasteiger partial charge in [-0.25, -0.2) is 0 Å². The van der Waals surface area contributed by atoms with Crippen LogP contribution in [0.5, 0.6) is 0 Å². The van der Waals surface area contributed by atoms with Crippen molar-refractivity contribution in [2.75, 3.05) is 6.54 Å². The van der Waals surface area contributed by atoms with Gasteiger partial charge in [-0.15, -0.1) is 0 Å². The van der Waals surface area contributed by atoms with Gasteiger partial charge in [-0.05, 0) is 45.5 Å². The van der Waals surface area contributed by atoms with E-state index in [1.807, 2.05) is 6.07 Å². The molecule has 0 saturated carbocycles. The molecule has 3 heteroatoms. The van der Waals surface area contributed by atoms with Crippen LogP contribution in [0.4, 0.5) is 0 Å². The standard InChI is InChI=1S/C16H25BrClN/c1-4-5-6-9-16(2,3)12-19-11-13-7-8-15(18)14(17)10-13/h7-8,10,19H,4-6,9,11-12H2,1-3H3. The fraction of sp³-hybridized carbons (Fsp3) is 0.625. The zero-order valence-electron chi connectivity index (χ0n) is 12.2. The second-order valence-electron chi connectivity index (χ2n) is 5.97. The summed E-state index contributed by atoms with van der Waals surface area (Å²) >= 11 is 9.45. The van der Waals surface area contributed by atoms with Crippen LogP contribution in [0, 0.1) is 5.41 Å². The monoisotopic (exact) mass is 345 g/mol. The average molecular weight is 347 g/mol. The Morgan fingerprint density at radius 2 is 2.00 bits per heavy atom. The van der Waals surface area contributed by atoms with E-state index in [2.05, 4.69) is 54.2 Å². The lowest BCUT2D eigenvalue weighted by molar-refractivity contribution is 0.302. The third-order valence-corrected chi connectivity index (χ3v) is 4.59. The van der Waals surface area contributed by atoms with Crippen molar-refractivity contribution in [3.63, 3.8) is 0 Å². The van der Waals surface area contributed by atoms with Crippen LogP contribution in [0.1, 0.15) is 52.0 Å². The van der Waals surface area contributed by atoms with Gasteiger partial charge in [-0.2, -0.15) is 0 Å². The summed E-state index contributed by atoms with van der Waals surface area (Å²) in [5.74, 6) is 0. The quantitative estimate of drug-likeness (QED) is 0.587. The highest BCUT2D eigenvalue weighted by atomic mass is 79.9. The summed E-state index contributed by atoms with van der Waals surface area (Å²) < 4.78 is 0.968. The molecule has 0 aliphatic heterocycles.